The Morgan fingerprint density at radius 3 is 2.65 bits per heavy atom. The molecule has 100 valence electrons. The summed E-state index contributed by atoms with van der Waals surface area (Å²) in [6.07, 6.45) is 2.60. The molecule has 0 bridgehead atoms. The molecule has 0 unspecified atom stereocenters. The van der Waals surface area contributed by atoms with E-state index >= 15 is 0 Å². The summed E-state index contributed by atoms with van der Waals surface area (Å²) >= 11 is 0. The number of carbonyl (C=O) groups excluding carboxylic acids is 1. The smallest absolute Gasteiger partial charge is 0.213 e. The van der Waals surface area contributed by atoms with Crippen molar-refractivity contribution in [2.45, 2.75) is 0 Å². The van der Waals surface area contributed by atoms with Crippen molar-refractivity contribution in [3.05, 3.63) is 48.8 Å². The Morgan fingerprint density at radius 1 is 1.20 bits per heavy atom. The SMILES string of the molecule is CN(C=O)c1cc(-c2ccccc2)c2c(c1)ncn2C. The summed E-state index contributed by atoms with van der Waals surface area (Å²) in [4.78, 5) is 17.0. The van der Waals surface area contributed by atoms with Gasteiger partial charge in [0.05, 0.1) is 17.4 Å². The number of imidazole rings is 1. The van der Waals surface area contributed by atoms with E-state index in [1.807, 2.05) is 41.9 Å². The average molecular weight is 265 g/mol. The Labute approximate surface area is 117 Å². The molecule has 4 nitrogen and oxygen atoms in total. The van der Waals surface area contributed by atoms with Crippen LogP contribution in [0.5, 0.6) is 0 Å². The van der Waals surface area contributed by atoms with Gasteiger partial charge in [-0.05, 0) is 17.7 Å². The molecule has 0 aliphatic heterocycles. The third kappa shape index (κ3) is 1.95. The standard InChI is InChI=1S/C16H15N3O/c1-18-10-17-15-9-13(19(2)11-20)8-14(16(15)18)12-6-4-3-5-7-12/h3-11H,1-2H3. The summed E-state index contributed by atoms with van der Waals surface area (Å²) in [7, 11) is 3.72. The van der Waals surface area contributed by atoms with Crippen LogP contribution in [-0.4, -0.2) is 23.0 Å². The summed E-state index contributed by atoms with van der Waals surface area (Å²) in [6.45, 7) is 0. The van der Waals surface area contributed by atoms with Crippen LogP contribution < -0.4 is 4.90 Å². The molecule has 0 aliphatic rings. The molecule has 0 saturated carbocycles. The molecule has 0 aliphatic carbocycles. The van der Waals surface area contributed by atoms with Gasteiger partial charge in [-0.2, -0.15) is 0 Å². The topological polar surface area (TPSA) is 38.1 Å². The van der Waals surface area contributed by atoms with E-state index in [1.54, 1.807) is 18.3 Å². The van der Waals surface area contributed by atoms with Crippen LogP contribution in [0.25, 0.3) is 22.2 Å². The summed E-state index contributed by atoms with van der Waals surface area (Å²) in [6, 6.07) is 14.1. The fourth-order valence-electron chi connectivity index (χ4n) is 2.38. The molecule has 3 rings (SSSR count). The lowest BCUT2D eigenvalue weighted by atomic mass is 10.0. The van der Waals surface area contributed by atoms with Crippen LogP contribution in [0.4, 0.5) is 5.69 Å². The Kier molecular flexibility index (Phi) is 2.99. The van der Waals surface area contributed by atoms with Crippen LogP contribution in [0, 0.1) is 0 Å². The van der Waals surface area contributed by atoms with E-state index in [0.29, 0.717) is 0 Å². The van der Waals surface area contributed by atoms with Crippen LogP contribution in [0.15, 0.2) is 48.8 Å². The Balaban J connectivity index is 2.32. The molecule has 0 fully saturated rings. The average Bonchev–Trinajstić information content (AvgIpc) is 2.88. The van der Waals surface area contributed by atoms with E-state index in [1.165, 1.54) is 0 Å². The van der Waals surface area contributed by atoms with Gasteiger partial charge in [-0.25, -0.2) is 4.98 Å². The number of carbonyl (C=O) groups is 1. The first-order valence-electron chi connectivity index (χ1n) is 6.39. The number of amides is 1. The highest BCUT2D eigenvalue weighted by atomic mass is 16.1. The fourth-order valence-corrected chi connectivity index (χ4v) is 2.38. The number of fused-ring (bicyclic) bond motifs is 1. The fraction of sp³-hybridized carbons (Fsp3) is 0.125. The first-order valence-corrected chi connectivity index (χ1v) is 6.39. The van der Waals surface area contributed by atoms with Crippen LogP contribution >= 0.6 is 0 Å². The number of hydrogen-bond acceptors (Lipinski definition) is 2. The highest BCUT2D eigenvalue weighted by molar-refractivity contribution is 5.96. The maximum absolute atomic E-state index is 11.0. The summed E-state index contributed by atoms with van der Waals surface area (Å²) in [5, 5.41) is 0. The van der Waals surface area contributed by atoms with Crippen molar-refractivity contribution in [1.82, 2.24) is 9.55 Å². The lowest BCUT2D eigenvalue weighted by Crippen LogP contribution is -2.13. The van der Waals surface area contributed by atoms with Crippen molar-refractivity contribution in [3.63, 3.8) is 0 Å². The molecule has 0 N–H and O–H groups in total. The van der Waals surface area contributed by atoms with Gasteiger partial charge >= 0.3 is 0 Å². The molecule has 0 spiro atoms. The minimum absolute atomic E-state index is 0.804. The van der Waals surface area contributed by atoms with Crippen molar-refractivity contribution >= 4 is 23.1 Å². The number of hydrogen-bond donors (Lipinski definition) is 0. The third-order valence-corrected chi connectivity index (χ3v) is 3.45. The molecule has 0 radical (unpaired) electrons. The lowest BCUT2D eigenvalue weighted by molar-refractivity contribution is -0.107. The highest BCUT2D eigenvalue weighted by Crippen LogP contribution is 2.32. The lowest BCUT2D eigenvalue weighted by Gasteiger charge is -2.14. The van der Waals surface area contributed by atoms with Crippen LogP contribution in [0.2, 0.25) is 0 Å². The van der Waals surface area contributed by atoms with E-state index in [-0.39, 0.29) is 0 Å². The van der Waals surface area contributed by atoms with Crippen molar-refractivity contribution in [3.8, 4) is 11.1 Å². The van der Waals surface area contributed by atoms with Crippen molar-refractivity contribution in [1.29, 1.82) is 0 Å². The van der Waals surface area contributed by atoms with Gasteiger partial charge < -0.3 is 9.47 Å². The van der Waals surface area contributed by atoms with E-state index in [9.17, 15) is 4.79 Å². The zero-order valence-corrected chi connectivity index (χ0v) is 11.4. The summed E-state index contributed by atoms with van der Waals surface area (Å²) in [5.74, 6) is 0. The molecule has 0 atom stereocenters. The van der Waals surface area contributed by atoms with E-state index in [2.05, 4.69) is 17.1 Å². The number of nitrogens with zero attached hydrogens (tertiary/aromatic N) is 3. The van der Waals surface area contributed by atoms with Crippen molar-refractivity contribution < 1.29 is 4.79 Å². The molecular weight excluding hydrogens is 250 g/mol. The molecule has 0 saturated heterocycles. The second kappa shape index (κ2) is 4.81. The van der Waals surface area contributed by atoms with Crippen LogP contribution in [0.1, 0.15) is 0 Å². The number of anilines is 1. The van der Waals surface area contributed by atoms with Gasteiger partial charge in [-0.3, -0.25) is 4.79 Å². The minimum Gasteiger partial charge on any atom is -0.333 e. The maximum atomic E-state index is 11.0. The van der Waals surface area contributed by atoms with Crippen molar-refractivity contribution in [2.75, 3.05) is 11.9 Å². The van der Waals surface area contributed by atoms with Crippen molar-refractivity contribution in [2.24, 2.45) is 7.05 Å². The summed E-state index contributed by atoms with van der Waals surface area (Å²) in [5.41, 5.74) is 4.98. The largest absolute Gasteiger partial charge is 0.333 e. The first kappa shape index (κ1) is 12.4. The van der Waals surface area contributed by atoms with Gasteiger partial charge in [0.15, 0.2) is 0 Å². The van der Waals surface area contributed by atoms with Gasteiger partial charge in [-0.1, -0.05) is 30.3 Å². The minimum atomic E-state index is 0.804. The van der Waals surface area contributed by atoms with Gasteiger partial charge in [0, 0.05) is 25.3 Å². The highest BCUT2D eigenvalue weighted by Gasteiger charge is 2.12. The summed E-state index contributed by atoms with van der Waals surface area (Å²) < 4.78 is 2.00. The van der Waals surface area contributed by atoms with E-state index in [4.69, 9.17) is 0 Å². The number of aryl methyl sites for hydroxylation is 1. The number of aromatic nitrogens is 2. The third-order valence-electron chi connectivity index (χ3n) is 3.45. The Bertz CT molecular complexity index is 762. The molecule has 1 heterocycles. The Hall–Kier alpha value is -2.62. The molecule has 1 amide bonds. The van der Waals surface area contributed by atoms with Crippen LogP contribution in [0.3, 0.4) is 0 Å². The van der Waals surface area contributed by atoms with Gasteiger partial charge in [0.25, 0.3) is 0 Å². The predicted octanol–water partition coefficient (Wildman–Crippen LogP) is 2.83. The van der Waals surface area contributed by atoms with Crippen LogP contribution in [-0.2, 0) is 11.8 Å². The Morgan fingerprint density at radius 2 is 1.95 bits per heavy atom. The molecule has 1 aromatic heterocycles. The monoisotopic (exact) mass is 265 g/mol. The molecule has 20 heavy (non-hydrogen) atoms. The zero-order valence-electron chi connectivity index (χ0n) is 11.4. The molecule has 4 heteroatoms. The van der Waals surface area contributed by atoms with E-state index < -0.39 is 0 Å². The van der Waals surface area contributed by atoms with Gasteiger partial charge in [-0.15, -0.1) is 0 Å². The van der Waals surface area contributed by atoms with Gasteiger partial charge in [0.1, 0.15) is 0 Å². The predicted molar refractivity (Wildman–Crippen MR) is 80.6 cm³/mol. The number of rotatable bonds is 3. The van der Waals surface area contributed by atoms with Gasteiger partial charge in [0.2, 0.25) is 6.41 Å². The molecule has 2 aromatic carbocycles. The maximum Gasteiger partial charge on any atom is 0.213 e. The zero-order chi connectivity index (χ0) is 14.1. The normalized spacial score (nSPS) is 10.7. The molecule has 3 aromatic rings. The second-order valence-electron chi connectivity index (χ2n) is 4.80. The second-order valence-corrected chi connectivity index (χ2v) is 4.80. The first-order chi connectivity index (χ1) is 9.70. The van der Waals surface area contributed by atoms with E-state index in [0.717, 1.165) is 34.3 Å². The molecular formula is C16H15N3O. The quantitative estimate of drug-likeness (QED) is 0.683. The number of benzene rings is 2.